The van der Waals surface area contributed by atoms with Crippen LogP contribution in [-0.2, 0) is 23.2 Å². The molecular weight excluding hydrogens is 691 g/mol. The van der Waals surface area contributed by atoms with Crippen LogP contribution in [0.25, 0.3) is 33.4 Å². The van der Waals surface area contributed by atoms with Gasteiger partial charge in [0.05, 0.1) is 0 Å². The monoisotopic (exact) mass is 738 g/mol. The molecule has 0 aliphatic heterocycles. The van der Waals surface area contributed by atoms with E-state index in [1.807, 2.05) is 0 Å². The topological polar surface area (TPSA) is 0 Å². The number of hydrogen-bond acceptors (Lipinski definition) is 0. The minimum Gasteiger partial charge on any atom is -1.00 e. The molecule has 1 atom stereocenters. The third kappa shape index (κ3) is 7.39. The molecule has 0 fully saturated rings. The minimum absolute atomic E-state index is 0. The molecule has 244 valence electrons. The van der Waals surface area contributed by atoms with E-state index in [0.717, 1.165) is 0 Å². The molecule has 0 radical (unpaired) electrons. The number of halogens is 2. The number of benzene rings is 4. The van der Waals surface area contributed by atoms with E-state index >= 15 is 0 Å². The van der Waals surface area contributed by atoms with Gasteiger partial charge in [-0.15, -0.1) is 0 Å². The molecule has 47 heavy (non-hydrogen) atoms. The van der Waals surface area contributed by atoms with Gasteiger partial charge in [-0.3, -0.25) is 0 Å². The fourth-order valence-electron chi connectivity index (χ4n) is 8.07. The Morgan fingerprint density at radius 3 is 1.49 bits per heavy atom. The van der Waals surface area contributed by atoms with Crippen molar-refractivity contribution in [3.8, 4) is 33.4 Å². The van der Waals surface area contributed by atoms with Crippen molar-refractivity contribution < 1.29 is 48.0 Å². The Balaban J connectivity index is 0.00000250. The quantitative estimate of drug-likeness (QED) is 0.198. The summed E-state index contributed by atoms with van der Waals surface area (Å²) in [6.07, 6.45) is 9.16. The van der Waals surface area contributed by atoms with Gasteiger partial charge in [0, 0.05) is 0 Å². The van der Waals surface area contributed by atoms with Gasteiger partial charge in [-0.2, -0.15) is 0 Å². The second-order valence-corrected chi connectivity index (χ2v) is 18.5. The molecule has 6 rings (SSSR count). The van der Waals surface area contributed by atoms with Crippen LogP contribution in [0.5, 0.6) is 0 Å². The second-order valence-electron chi connectivity index (χ2n) is 14.9. The molecule has 3 heteroatoms. The maximum Gasteiger partial charge on any atom is -1.00 e. The molecule has 0 spiro atoms. The Morgan fingerprint density at radius 2 is 1.09 bits per heavy atom. The van der Waals surface area contributed by atoms with Crippen molar-refractivity contribution in [2.45, 2.75) is 92.1 Å². The zero-order valence-electron chi connectivity index (χ0n) is 30.0. The maximum atomic E-state index is 2.65. The summed E-state index contributed by atoms with van der Waals surface area (Å²) in [6.45, 7) is 23.1. The van der Waals surface area contributed by atoms with E-state index in [1.54, 1.807) is 20.0 Å². The van der Waals surface area contributed by atoms with Crippen LogP contribution in [0.3, 0.4) is 0 Å². The zero-order valence-corrected chi connectivity index (χ0v) is 33.9. The van der Waals surface area contributed by atoms with Gasteiger partial charge in [0.1, 0.15) is 0 Å². The van der Waals surface area contributed by atoms with Gasteiger partial charge in [-0.1, -0.05) is 0 Å². The SMILES string of the molecule is CCCCC1C=C(C(C)(C)C)C=[C]1[Zr+2][CH]1c2cc(-c3c(C)cc(C)cc3C)ccc2-c2ccc(-c3c(C)cc(C)cc3C)cc21.[Cl-].[Cl-]. The van der Waals surface area contributed by atoms with Crippen LogP contribution < -0.4 is 24.8 Å². The fraction of sp³-hybridized carbons (Fsp3) is 0.364. The average molecular weight is 741 g/mol. The van der Waals surface area contributed by atoms with Crippen molar-refractivity contribution >= 4 is 0 Å². The van der Waals surface area contributed by atoms with Crippen molar-refractivity contribution in [1.29, 1.82) is 0 Å². The Hall–Kier alpha value is -2.18. The summed E-state index contributed by atoms with van der Waals surface area (Å²) in [5.41, 5.74) is 21.6. The fourth-order valence-corrected chi connectivity index (χ4v) is 12.5. The number of hydrogen-bond donors (Lipinski definition) is 0. The zero-order chi connectivity index (χ0) is 32.2. The van der Waals surface area contributed by atoms with Crippen LogP contribution >= 0.6 is 0 Å². The molecule has 0 saturated carbocycles. The standard InChI is InChI=1S/C31H29.C13H21.2ClH.Zr/c1-18-11-20(3)30(21(4)12-18)24-7-9-28-26(15-24)17-27-16-25(8-10-29(27)28)31-22(5)13-19(2)14-23(31)6;1-5-6-7-11-8-9-12(10-11)13(2,3)4;;;/h7-17H,1-6H3;9-11H,5-7H2,1-4H3;2*1H;/q;;;;+2/p-2. The van der Waals surface area contributed by atoms with Gasteiger partial charge >= 0.3 is 286 Å². The summed E-state index contributed by atoms with van der Waals surface area (Å²) in [5.74, 6) is 0.618. The number of allylic oxidation sites excluding steroid dienone is 4. The molecule has 0 N–H and O–H groups in total. The van der Waals surface area contributed by atoms with Crippen molar-refractivity contribution in [2.24, 2.45) is 11.3 Å². The molecule has 0 aromatic heterocycles. The predicted molar refractivity (Wildman–Crippen MR) is 192 cm³/mol. The summed E-state index contributed by atoms with van der Waals surface area (Å²) < 4.78 is 2.31. The Morgan fingerprint density at radius 1 is 0.638 bits per heavy atom. The first-order valence-corrected chi connectivity index (χ1v) is 19.7. The number of aryl methyl sites for hydroxylation is 6. The van der Waals surface area contributed by atoms with E-state index in [0.29, 0.717) is 9.54 Å². The predicted octanol–water partition coefficient (Wildman–Crippen LogP) is 6.71. The van der Waals surface area contributed by atoms with Crippen LogP contribution in [0.15, 0.2) is 81.7 Å². The molecule has 0 nitrogen and oxygen atoms in total. The molecule has 0 heterocycles. The van der Waals surface area contributed by atoms with Gasteiger partial charge in [0.25, 0.3) is 0 Å². The minimum atomic E-state index is -1.04. The molecule has 2 aliphatic rings. The molecule has 4 aromatic carbocycles. The largest absolute Gasteiger partial charge is 1.00 e. The Kier molecular flexibility index (Phi) is 11.8. The number of unbranched alkanes of at least 4 members (excludes halogenated alkanes) is 1. The first-order chi connectivity index (χ1) is 21.3. The third-order valence-corrected chi connectivity index (χ3v) is 14.4. The van der Waals surface area contributed by atoms with Crippen LogP contribution in [-0.4, -0.2) is 0 Å². The first kappa shape index (κ1) is 37.6. The van der Waals surface area contributed by atoms with E-state index in [2.05, 4.69) is 142 Å². The second kappa shape index (κ2) is 14.7. The third-order valence-electron chi connectivity index (χ3n) is 10.1. The summed E-state index contributed by atoms with van der Waals surface area (Å²) in [7, 11) is 0. The van der Waals surface area contributed by atoms with E-state index in [9.17, 15) is 0 Å². The Labute approximate surface area is 309 Å². The molecule has 0 amide bonds. The summed E-state index contributed by atoms with van der Waals surface area (Å²) >= 11 is -1.04. The summed E-state index contributed by atoms with van der Waals surface area (Å²) in [5, 5.41) is 0. The van der Waals surface area contributed by atoms with E-state index < -0.39 is 23.2 Å². The maximum absolute atomic E-state index is 2.65. The van der Waals surface area contributed by atoms with E-state index in [4.69, 9.17) is 0 Å². The van der Waals surface area contributed by atoms with Gasteiger partial charge in [-0.05, 0) is 0 Å². The molecule has 1 unspecified atom stereocenters. The average Bonchev–Trinajstić information content (AvgIpc) is 3.50. The summed E-state index contributed by atoms with van der Waals surface area (Å²) in [4.78, 5) is 0. The molecule has 0 bridgehead atoms. The molecular formula is C44H50Cl2Zr. The smallest absolute Gasteiger partial charge is 1.00 e. The van der Waals surface area contributed by atoms with Crippen LogP contribution in [0, 0.1) is 52.9 Å². The van der Waals surface area contributed by atoms with Crippen molar-refractivity contribution in [2.75, 3.05) is 0 Å². The van der Waals surface area contributed by atoms with Crippen molar-refractivity contribution in [3.05, 3.63) is 126 Å². The molecule has 2 aliphatic carbocycles. The Bertz CT molecular complexity index is 1710. The molecule has 0 saturated heterocycles. The molecule has 4 aromatic rings. The van der Waals surface area contributed by atoms with Gasteiger partial charge < -0.3 is 24.8 Å². The van der Waals surface area contributed by atoms with Gasteiger partial charge in [-0.25, -0.2) is 0 Å². The van der Waals surface area contributed by atoms with Gasteiger partial charge in [0.15, 0.2) is 0 Å². The summed E-state index contributed by atoms with van der Waals surface area (Å²) in [6, 6.07) is 24.2. The van der Waals surface area contributed by atoms with Gasteiger partial charge in [0.2, 0.25) is 0 Å². The number of rotatable bonds is 7. The van der Waals surface area contributed by atoms with Crippen LogP contribution in [0.4, 0.5) is 0 Å². The first-order valence-electron chi connectivity index (χ1n) is 17.0. The normalized spacial score (nSPS) is 15.2. The van der Waals surface area contributed by atoms with Crippen LogP contribution in [0.2, 0.25) is 0 Å². The van der Waals surface area contributed by atoms with E-state index in [1.165, 1.54) is 86.0 Å². The van der Waals surface area contributed by atoms with E-state index in [-0.39, 0.29) is 30.2 Å². The van der Waals surface area contributed by atoms with Crippen LogP contribution in [0.1, 0.15) is 95.1 Å². The van der Waals surface area contributed by atoms with Crippen molar-refractivity contribution in [1.82, 2.24) is 0 Å². The number of fused-ring (bicyclic) bond motifs is 3. The van der Waals surface area contributed by atoms with Crippen molar-refractivity contribution in [3.63, 3.8) is 0 Å².